The van der Waals surface area contributed by atoms with Crippen LogP contribution in [0, 0.1) is 13.8 Å². The van der Waals surface area contributed by atoms with Gasteiger partial charge in [-0.15, -0.1) is 11.3 Å². The van der Waals surface area contributed by atoms with Crippen molar-refractivity contribution in [2.24, 2.45) is 0 Å². The molecule has 0 saturated heterocycles. The third kappa shape index (κ3) is 2.76. The molecule has 2 heterocycles. The molecule has 2 rings (SSSR count). The molecule has 0 saturated carbocycles. The Hall–Kier alpha value is -1.13. The highest BCUT2D eigenvalue weighted by Crippen LogP contribution is 2.20. The number of hydrogen-bond acceptors (Lipinski definition) is 3. The molecular weight excluding hydrogens is 230 g/mol. The predicted molar refractivity (Wildman–Crippen MR) is 73.7 cm³/mol. The van der Waals surface area contributed by atoms with E-state index in [4.69, 9.17) is 0 Å². The van der Waals surface area contributed by atoms with E-state index in [1.165, 1.54) is 16.1 Å². The number of aryl methyl sites for hydroxylation is 2. The Labute approximate surface area is 106 Å². The number of fused-ring (bicyclic) bond motifs is 1. The fourth-order valence-corrected chi connectivity index (χ4v) is 2.68. The van der Waals surface area contributed by atoms with E-state index in [2.05, 4.69) is 54.7 Å². The summed E-state index contributed by atoms with van der Waals surface area (Å²) in [6, 6.07) is 0. The molecule has 0 radical (unpaired) electrons. The number of imidazole rings is 1. The van der Waals surface area contributed by atoms with Crippen molar-refractivity contribution in [3.8, 4) is 0 Å². The van der Waals surface area contributed by atoms with Crippen LogP contribution in [0.3, 0.4) is 0 Å². The number of allylic oxidation sites excluding steroid dienone is 1. The third-order valence-corrected chi connectivity index (χ3v) is 3.59. The Bertz CT molecular complexity index is 544. The smallest absolute Gasteiger partial charge is 0.194 e. The molecule has 0 fully saturated rings. The molecule has 2 aromatic heterocycles. The van der Waals surface area contributed by atoms with E-state index in [9.17, 15) is 0 Å². The van der Waals surface area contributed by atoms with Gasteiger partial charge in [-0.1, -0.05) is 11.6 Å². The van der Waals surface area contributed by atoms with E-state index < -0.39 is 0 Å². The van der Waals surface area contributed by atoms with Gasteiger partial charge in [0.05, 0.1) is 11.4 Å². The first kappa shape index (κ1) is 12.3. The molecule has 0 bridgehead atoms. The minimum Gasteiger partial charge on any atom is -0.308 e. The summed E-state index contributed by atoms with van der Waals surface area (Å²) >= 11 is 1.74. The summed E-state index contributed by atoms with van der Waals surface area (Å²) in [6.07, 6.45) is 4.37. The van der Waals surface area contributed by atoms with E-state index in [1.807, 2.05) is 0 Å². The van der Waals surface area contributed by atoms with Crippen molar-refractivity contribution in [1.29, 1.82) is 0 Å². The standard InChI is InChI=1S/C13H19N3S/c1-9(2)5-6-14-7-12-11(4)15-13-16(12)8-10(3)17-13/h5,8,14H,6-7H2,1-4H3. The largest absolute Gasteiger partial charge is 0.308 e. The zero-order valence-electron chi connectivity index (χ0n) is 10.9. The average Bonchev–Trinajstić information content (AvgIpc) is 2.69. The maximum absolute atomic E-state index is 4.57. The molecule has 1 N–H and O–H groups in total. The average molecular weight is 249 g/mol. The van der Waals surface area contributed by atoms with Crippen molar-refractivity contribution in [3.63, 3.8) is 0 Å². The first-order chi connectivity index (χ1) is 8.08. The van der Waals surface area contributed by atoms with Gasteiger partial charge < -0.3 is 5.32 Å². The summed E-state index contributed by atoms with van der Waals surface area (Å²) in [5, 5.41) is 3.43. The predicted octanol–water partition coefficient (Wildman–Crippen LogP) is 3.07. The van der Waals surface area contributed by atoms with E-state index in [1.54, 1.807) is 11.3 Å². The van der Waals surface area contributed by atoms with Gasteiger partial charge in [-0.2, -0.15) is 0 Å². The van der Waals surface area contributed by atoms with Crippen molar-refractivity contribution < 1.29 is 0 Å². The van der Waals surface area contributed by atoms with E-state index in [0.717, 1.165) is 23.7 Å². The van der Waals surface area contributed by atoms with Crippen molar-refractivity contribution in [1.82, 2.24) is 14.7 Å². The first-order valence-corrected chi connectivity index (χ1v) is 6.67. The molecule has 0 amide bonds. The van der Waals surface area contributed by atoms with Gasteiger partial charge in [-0.3, -0.25) is 4.40 Å². The van der Waals surface area contributed by atoms with Gasteiger partial charge in [0.15, 0.2) is 4.96 Å². The van der Waals surface area contributed by atoms with Crippen LogP contribution in [0.4, 0.5) is 0 Å². The van der Waals surface area contributed by atoms with Crippen LogP contribution in [0.5, 0.6) is 0 Å². The number of nitrogens with zero attached hydrogens (tertiary/aromatic N) is 2. The number of hydrogen-bond donors (Lipinski definition) is 1. The van der Waals surface area contributed by atoms with Gasteiger partial charge in [-0.25, -0.2) is 4.98 Å². The molecular formula is C13H19N3S. The summed E-state index contributed by atoms with van der Waals surface area (Å²) < 4.78 is 2.20. The van der Waals surface area contributed by atoms with Crippen molar-refractivity contribution in [2.75, 3.05) is 6.54 Å². The minimum absolute atomic E-state index is 0.868. The summed E-state index contributed by atoms with van der Waals surface area (Å²) in [4.78, 5) is 6.97. The normalized spacial score (nSPS) is 11.1. The van der Waals surface area contributed by atoms with E-state index >= 15 is 0 Å². The molecule has 3 nitrogen and oxygen atoms in total. The molecule has 0 aliphatic carbocycles. The van der Waals surface area contributed by atoms with Gasteiger partial charge in [0.25, 0.3) is 0 Å². The summed E-state index contributed by atoms with van der Waals surface area (Å²) in [7, 11) is 0. The SMILES string of the molecule is CC(C)=CCNCc1c(C)nc2sc(C)cn12. The number of aromatic nitrogens is 2. The van der Waals surface area contributed by atoms with Gasteiger partial charge in [-0.05, 0) is 27.7 Å². The molecule has 0 spiro atoms. The van der Waals surface area contributed by atoms with Crippen LogP contribution in [-0.2, 0) is 6.54 Å². The highest BCUT2D eigenvalue weighted by molar-refractivity contribution is 7.17. The maximum Gasteiger partial charge on any atom is 0.194 e. The van der Waals surface area contributed by atoms with Crippen LogP contribution in [0.25, 0.3) is 4.96 Å². The van der Waals surface area contributed by atoms with Crippen LogP contribution in [-0.4, -0.2) is 15.9 Å². The minimum atomic E-state index is 0.868. The lowest BCUT2D eigenvalue weighted by Crippen LogP contribution is -2.15. The first-order valence-electron chi connectivity index (χ1n) is 5.86. The van der Waals surface area contributed by atoms with Crippen molar-refractivity contribution in [2.45, 2.75) is 34.2 Å². The van der Waals surface area contributed by atoms with Gasteiger partial charge >= 0.3 is 0 Å². The second-order valence-corrected chi connectivity index (χ2v) is 5.76. The van der Waals surface area contributed by atoms with Gasteiger partial charge in [0, 0.05) is 24.2 Å². The highest BCUT2D eigenvalue weighted by Gasteiger charge is 2.09. The zero-order valence-corrected chi connectivity index (χ0v) is 11.7. The van der Waals surface area contributed by atoms with Crippen molar-refractivity contribution >= 4 is 16.3 Å². The molecule has 0 unspecified atom stereocenters. The van der Waals surface area contributed by atoms with Crippen LogP contribution < -0.4 is 5.32 Å². The Morgan fingerprint density at radius 2 is 2.24 bits per heavy atom. The lowest BCUT2D eigenvalue weighted by molar-refractivity contribution is 0.727. The zero-order chi connectivity index (χ0) is 12.4. The molecule has 2 aromatic rings. The highest BCUT2D eigenvalue weighted by atomic mass is 32.1. The second kappa shape index (κ2) is 5.02. The number of nitrogens with one attached hydrogen (secondary N) is 1. The molecule has 0 aliphatic heterocycles. The lowest BCUT2D eigenvalue weighted by Gasteiger charge is -2.02. The quantitative estimate of drug-likeness (QED) is 0.666. The number of rotatable bonds is 4. The maximum atomic E-state index is 4.57. The topological polar surface area (TPSA) is 29.3 Å². The number of thiazole rings is 1. The van der Waals surface area contributed by atoms with E-state index in [-0.39, 0.29) is 0 Å². The summed E-state index contributed by atoms with van der Waals surface area (Å²) in [5.41, 5.74) is 3.74. The summed E-state index contributed by atoms with van der Waals surface area (Å²) in [6.45, 7) is 10.2. The molecule has 0 atom stereocenters. The molecule has 0 aromatic carbocycles. The molecule has 0 aliphatic rings. The van der Waals surface area contributed by atoms with Crippen molar-refractivity contribution in [3.05, 3.63) is 34.1 Å². The van der Waals surface area contributed by atoms with Crippen LogP contribution in [0.15, 0.2) is 17.8 Å². The Morgan fingerprint density at radius 1 is 1.47 bits per heavy atom. The van der Waals surface area contributed by atoms with E-state index in [0.29, 0.717) is 0 Å². The van der Waals surface area contributed by atoms with Crippen LogP contribution in [0.1, 0.15) is 30.1 Å². The summed E-state index contributed by atoms with van der Waals surface area (Å²) in [5.74, 6) is 0. The Morgan fingerprint density at radius 3 is 2.94 bits per heavy atom. The second-order valence-electron chi connectivity index (χ2n) is 4.55. The molecule has 17 heavy (non-hydrogen) atoms. The monoisotopic (exact) mass is 249 g/mol. The van der Waals surface area contributed by atoms with Crippen LogP contribution >= 0.6 is 11.3 Å². The lowest BCUT2D eigenvalue weighted by atomic mass is 10.3. The third-order valence-electron chi connectivity index (χ3n) is 2.69. The van der Waals surface area contributed by atoms with Gasteiger partial charge in [0.1, 0.15) is 0 Å². The van der Waals surface area contributed by atoms with Crippen LogP contribution in [0.2, 0.25) is 0 Å². The fraction of sp³-hybridized carbons (Fsp3) is 0.462. The molecule has 4 heteroatoms. The fourth-order valence-electron chi connectivity index (χ4n) is 1.79. The van der Waals surface area contributed by atoms with Gasteiger partial charge in [0.2, 0.25) is 0 Å². The Balaban J connectivity index is 2.11. The Kier molecular flexibility index (Phi) is 3.64. The molecule has 92 valence electrons.